The number of hydrogen-bond acceptors (Lipinski definition) is 7. The molecular weight excluding hydrogens is 436 g/mol. The van der Waals surface area contributed by atoms with E-state index in [1.54, 1.807) is 43.3 Å². The van der Waals surface area contributed by atoms with E-state index in [2.05, 4.69) is 15.5 Å². The summed E-state index contributed by atoms with van der Waals surface area (Å²) in [6.07, 6.45) is 1.51. The van der Waals surface area contributed by atoms with Crippen LogP contribution in [-0.2, 0) is 4.79 Å². The fourth-order valence-corrected chi connectivity index (χ4v) is 3.45. The summed E-state index contributed by atoms with van der Waals surface area (Å²) in [6, 6.07) is 9.91. The third-order valence-electron chi connectivity index (χ3n) is 4.78. The fraction of sp³-hybridized carbons (Fsp3) is 0.182. The highest BCUT2D eigenvalue weighted by Crippen LogP contribution is 2.29. The number of hydrogen-bond donors (Lipinski definition) is 1. The van der Waals surface area contributed by atoms with Gasteiger partial charge in [0.15, 0.2) is 5.76 Å². The van der Waals surface area contributed by atoms with Crippen LogP contribution in [0.5, 0.6) is 5.75 Å². The average Bonchev–Trinajstić information content (AvgIpc) is 3.43. The number of rotatable bonds is 6. The Labute approximate surface area is 187 Å². The summed E-state index contributed by atoms with van der Waals surface area (Å²) < 4.78 is 15.9. The van der Waals surface area contributed by atoms with E-state index in [0.29, 0.717) is 44.6 Å². The van der Waals surface area contributed by atoms with Crippen LogP contribution in [0.3, 0.4) is 0 Å². The van der Waals surface area contributed by atoms with E-state index in [-0.39, 0.29) is 12.3 Å². The monoisotopic (exact) mass is 454 g/mol. The SMILES string of the molecule is COc1ccc(Cl)cc1NC(=O)CN(C)C(=O)c1cc(-c2ccco2)nc2onc(C)c12. The van der Waals surface area contributed by atoms with Crippen LogP contribution >= 0.6 is 11.6 Å². The number of methoxy groups -OCH3 is 1. The van der Waals surface area contributed by atoms with Crippen molar-refractivity contribution >= 4 is 40.2 Å². The number of nitrogens with zero attached hydrogens (tertiary/aromatic N) is 3. The topological polar surface area (TPSA) is 111 Å². The third kappa shape index (κ3) is 4.15. The Morgan fingerprint density at radius 3 is 2.78 bits per heavy atom. The zero-order valence-corrected chi connectivity index (χ0v) is 18.3. The second-order valence-corrected chi connectivity index (χ2v) is 7.47. The van der Waals surface area contributed by atoms with E-state index < -0.39 is 11.8 Å². The summed E-state index contributed by atoms with van der Waals surface area (Å²) in [5.74, 6) is 0.115. The first-order valence-corrected chi connectivity index (χ1v) is 9.95. The molecule has 0 aliphatic heterocycles. The summed E-state index contributed by atoms with van der Waals surface area (Å²) in [7, 11) is 3.01. The molecule has 1 N–H and O–H groups in total. The molecule has 10 heteroatoms. The maximum Gasteiger partial charge on any atom is 0.259 e. The molecule has 0 aliphatic carbocycles. The maximum atomic E-state index is 13.3. The lowest BCUT2D eigenvalue weighted by atomic mass is 10.1. The molecule has 4 aromatic rings. The maximum absolute atomic E-state index is 13.3. The Morgan fingerprint density at radius 2 is 2.06 bits per heavy atom. The second-order valence-electron chi connectivity index (χ2n) is 7.03. The number of furan rings is 1. The third-order valence-corrected chi connectivity index (χ3v) is 5.02. The molecule has 9 nitrogen and oxygen atoms in total. The number of nitrogens with one attached hydrogen (secondary N) is 1. The molecule has 0 saturated heterocycles. The quantitative estimate of drug-likeness (QED) is 0.465. The molecule has 3 heterocycles. The molecule has 32 heavy (non-hydrogen) atoms. The van der Waals surface area contributed by atoms with Gasteiger partial charge in [0.1, 0.15) is 11.4 Å². The van der Waals surface area contributed by atoms with Gasteiger partial charge in [0.25, 0.3) is 11.6 Å². The Kier molecular flexibility index (Phi) is 5.83. The van der Waals surface area contributed by atoms with Gasteiger partial charge in [0.05, 0.1) is 42.2 Å². The van der Waals surface area contributed by atoms with Gasteiger partial charge in [-0.3, -0.25) is 9.59 Å². The number of pyridine rings is 1. The molecule has 0 spiro atoms. The van der Waals surface area contributed by atoms with Crippen LogP contribution < -0.4 is 10.1 Å². The molecular formula is C22H19ClN4O5. The summed E-state index contributed by atoms with van der Waals surface area (Å²) in [5.41, 5.74) is 1.86. The van der Waals surface area contributed by atoms with Crippen molar-refractivity contribution in [3.8, 4) is 17.2 Å². The Balaban J connectivity index is 1.59. The second kappa shape index (κ2) is 8.72. The minimum Gasteiger partial charge on any atom is -0.495 e. The zero-order valence-electron chi connectivity index (χ0n) is 17.5. The molecule has 164 valence electrons. The van der Waals surface area contributed by atoms with Crippen molar-refractivity contribution in [3.63, 3.8) is 0 Å². The number of anilines is 1. The predicted molar refractivity (Wildman–Crippen MR) is 118 cm³/mol. The lowest BCUT2D eigenvalue weighted by Crippen LogP contribution is -2.35. The first-order chi connectivity index (χ1) is 15.4. The van der Waals surface area contributed by atoms with Gasteiger partial charge < -0.3 is 23.9 Å². The molecule has 0 saturated carbocycles. The molecule has 3 aromatic heterocycles. The van der Waals surface area contributed by atoms with Gasteiger partial charge in [-0.1, -0.05) is 16.8 Å². The molecule has 0 unspecified atom stereocenters. The van der Waals surface area contributed by atoms with E-state index in [1.165, 1.54) is 25.3 Å². The van der Waals surface area contributed by atoms with Crippen LogP contribution in [0.1, 0.15) is 16.1 Å². The van der Waals surface area contributed by atoms with Crippen molar-refractivity contribution in [2.75, 3.05) is 26.0 Å². The van der Waals surface area contributed by atoms with Gasteiger partial charge in [0, 0.05) is 12.1 Å². The molecule has 0 bridgehead atoms. The van der Waals surface area contributed by atoms with Gasteiger partial charge in [-0.25, -0.2) is 4.98 Å². The van der Waals surface area contributed by atoms with Crippen LogP contribution in [0.2, 0.25) is 5.02 Å². The highest BCUT2D eigenvalue weighted by atomic mass is 35.5. The fourth-order valence-electron chi connectivity index (χ4n) is 3.27. The molecule has 0 fully saturated rings. The lowest BCUT2D eigenvalue weighted by Gasteiger charge is -2.18. The first-order valence-electron chi connectivity index (χ1n) is 9.57. The predicted octanol–water partition coefficient (Wildman–Crippen LogP) is 4.16. The van der Waals surface area contributed by atoms with E-state index >= 15 is 0 Å². The number of carbonyl (C=O) groups is 2. The number of fused-ring (bicyclic) bond motifs is 1. The van der Waals surface area contributed by atoms with Gasteiger partial charge in [-0.05, 0) is 43.3 Å². The van der Waals surface area contributed by atoms with E-state index in [4.69, 9.17) is 25.3 Å². The van der Waals surface area contributed by atoms with Crippen molar-refractivity contribution in [2.24, 2.45) is 0 Å². The van der Waals surface area contributed by atoms with Crippen LogP contribution in [0, 0.1) is 6.92 Å². The number of aryl methyl sites for hydroxylation is 1. The highest BCUT2D eigenvalue weighted by Gasteiger charge is 2.24. The number of amides is 2. The Hall–Kier alpha value is -3.85. The zero-order chi connectivity index (χ0) is 22.8. The number of halogens is 1. The summed E-state index contributed by atoms with van der Waals surface area (Å²) >= 11 is 6.01. The number of benzene rings is 1. The van der Waals surface area contributed by atoms with Crippen molar-refractivity contribution in [1.29, 1.82) is 0 Å². The van der Waals surface area contributed by atoms with Gasteiger partial charge in [-0.2, -0.15) is 0 Å². The van der Waals surface area contributed by atoms with Crippen LogP contribution in [0.25, 0.3) is 22.6 Å². The molecule has 2 amide bonds. The Morgan fingerprint density at radius 1 is 1.25 bits per heavy atom. The largest absolute Gasteiger partial charge is 0.495 e. The van der Waals surface area contributed by atoms with Gasteiger partial charge in [-0.15, -0.1) is 0 Å². The average molecular weight is 455 g/mol. The number of likely N-dealkylation sites (N-methyl/N-ethyl adjacent to an activating group) is 1. The minimum absolute atomic E-state index is 0.210. The van der Waals surface area contributed by atoms with Crippen LogP contribution in [-0.4, -0.2) is 47.6 Å². The molecule has 0 aliphatic rings. The van der Waals surface area contributed by atoms with E-state index in [9.17, 15) is 9.59 Å². The molecule has 0 atom stereocenters. The summed E-state index contributed by atoms with van der Waals surface area (Å²) in [6.45, 7) is 1.51. The molecule has 4 rings (SSSR count). The van der Waals surface area contributed by atoms with Crippen LogP contribution in [0.4, 0.5) is 5.69 Å². The Bertz CT molecular complexity index is 1300. The number of ether oxygens (including phenoxy) is 1. The smallest absolute Gasteiger partial charge is 0.259 e. The standard InChI is InChI=1S/C22H19ClN4O5/c1-12-20-14(10-16(18-5-4-8-31-18)25-21(20)32-26-12)22(29)27(2)11-19(28)24-15-9-13(23)6-7-17(15)30-3/h4-10H,11H2,1-3H3,(H,24,28). The number of carbonyl (C=O) groups excluding carboxylic acids is 2. The van der Waals surface area contributed by atoms with E-state index in [1.807, 2.05) is 0 Å². The molecule has 0 radical (unpaired) electrons. The molecule has 1 aromatic carbocycles. The van der Waals surface area contributed by atoms with E-state index in [0.717, 1.165) is 0 Å². The van der Waals surface area contributed by atoms with Crippen molar-refractivity contribution in [3.05, 3.63) is 58.9 Å². The van der Waals surface area contributed by atoms with Crippen molar-refractivity contribution in [2.45, 2.75) is 6.92 Å². The first kappa shape index (κ1) is 21.4. The lowest BCUT2D eigenvalue weighted by molar-refractivity contribution is -0.116. The highest BCUT2D eigenvalue weighted by molar-refractivity contribution is 6.31. The van der Waals surface area contributed by atoms with Gasteiger partial charge in [0.2, 0.25) is 5.91 Å². The van der Waals surface area contributed by atoms with Crippen molar-refractivity contribution in [1.82, 2.24) is 15.0 Å². The number of aromatic nitrogens is 2. The van der Waals surface area contributed by atoms with Crippen LogP contribution in [0.15, 0.2) is 51.6 Å². The normalized spacial score (nSPS) is 10.9. The minimum atomic E-state index is -0.417. The van der Waals surface area contributed by atoms with Crippen molar-refractivity contribution < 1.29 is 23.3 Å². The summed E-state index contributed by atoms with van der Waals surface area (Å²) in [4.78, 5) is 31.6. The summed E-state index contributed by atoms with van der Waals surface area (Å²) in [5, 5.41) is 7.56. The van der Waals surface area contributed by atoms with Gasteiger partial charge >= 0.3 is 0 Å².